The number of benzene rings is 1. The van der Waals surface area contributed by atoms with Gasteiger partial charge in [0.1, 0.15) is 12.1 Å². The highest BCUT2D eigenvalue weighted by molar-refractivity contribution is 5.81. The van der Waals surface area contributed by atoms with Crippen LogP contribution in [0.1, 0.15) is 42.6 Å². The van der Waals surface area contributed by atoms with Gasteiger partial charge in [0.15, 0.2) is 11.6 Å². The predicted octanol–water partition coefficient (Wildman–Crippen LogP) is 5.71. The molecule has 0 spiro atoms. The highest BCUT2D eigenvalue weighted by Gasteiger charge is 2.36. The lowest BCUT2D eigenvalue weighted by atomic mass is 9.98. The van der Waals surface area contributed by atoms with Gasteiger partial charge in [-0.05, 0) is 67.3 Å². The summed E-state index contributed by atoms with van der Waals surface area (Å²) in [6.45, 7) is 3.34. The first-order chi connectivity index (χ1) is 21.1. The Hall–Kier alpha value is -4.49. The van der Waals surface area contributed by atoms with Gasteiger partial charge in [-0.25, -0.2) is 14.1 Å². The molecular formula is C31H28F4N8O. The molecule has 0 unspecified atom stereocenters. The Kier molecular flexibility index (Phi) is 6.81. The number of nitrogens with zero attached hydrogens (tertiary/aromatic N) is 7. The summed E-state index contributed by atoms with van der Waals surface area (Å²) in [5.74, 6) is 0.757. The van der Waals surface area contributed by atoms with Gasteiger partial charge in [-0.3, -0.25) is 4.98 Å². The minimum Gasteiger partial charge on any atom is -0.377 e. The van der Waals surface area contributed by atoms with Crippen LogP contribution in [-0.2, 0) is 24.5 Å². The number of hydrogen-bond acceptors (Lipinski definition) is 7. The van der Waals surface area contributed by atoms with Gasteiger partial charge >= 0.3 is 6.18 Å². The SMILES string of the molecule is Cn1cnnc1-c1cc(F)ccc1-c1cc(C2CC2)nc(-n2cc(-c3nc(CNC4(C)COC4)ccc3C(F)(F)F)cn2)c1. The summed E-state index contributed by atoms with van der Waals surface area (Å²) >= 11 is 0. The standard InChI is InChI=1S/C31H28F4N8O/c1-30(15-44-16-30)36-13-22-6-8-25(31(33,34)35)28(39-22)20-12-38-43(14-20)27-10-19(9-26(40-27)18-3-4-18)23-7-5-21(32)11-24(23)29-41-37-17-42(29)2/h5-12,14,17-18,36H,3-4,13,15-16H2,1-2H3. The third-order valence-electron chi connectivity index (χ3n) is 7.96. The largest absolute Gasteiger partial charge is 0.418 e. The van der Waals surface area contributed by atoms with Crippen molar-refractivity contribution in [1.82, 2.24) is 39.8 Å². The molecule has 0 bridgehead atoms. The number of pyridine rings is 2. The van der Waals surface area contributed by atoms with E-state index >= 15 is 0 Å². The van der Waals surface area contributed by atoms with Crippen LogP contribution >= 0.6 is 0 Å². The lowest BCUT2D eigenvalue weighted by Gasteiger charge is -2.38. The molecule has 226 valence electrons. The molecule has 0 atom stereocenters. The summed E-state index contributed by atoms with van der Waals surface area (Å²) in [7, 11) is 1.78. The van der Waals surface area contributed by atoms with E-state index in [9.17, 15) is 17.6 Å². The Morgan fingerprint density at radius 1 is 1.02 bits per heavy atom. The first-order valence-corrected chi connectivity index (χ1v) is 14.2. The van der Waals surface area contributed by atoms with Gasteiger partial charge in [0, 0.05) is 42.5 Å². The van der Waals surface area contributed by atoms with Crippen LogP contribution in [0.2, 0.25) is 0 Å². The number of alkyl halides is 3. The van der Waals surface area contributed by atoms with E-state index in [1.165, 1.54) is 35.3 Å². The monoisotopic (exact) mass is 604 g/mol. The Balaban J connectivity index is 1.29. The van der Waals surface area contributed by atoms with Crippen LogP contribution in [0.25, 0.3) is 39.6 Å². The van der Waals surface area contributed by atoms with Crippen molar-refractivity contribution in [2.24, 2.45) is 7.05 Å². The van der Waals surface area contributed by atoms with Crippen molar-refractivity contribution in [3.05, 3.63) is 84.0 Å². The highest BCUT2D eigenvalue weighted by atomic mass is 19.4. The van der Waals surface area contributed by atoms with Crippen molar-refractivity contribution in [1.29, 1.82) is 0 Å². The maximum Gasteiger partial charge on any atom is 0.418 e. The van der Waals surface area contributed by atoms with Crippen molar-refractivity contribution in [2.75, 3.05) is 13.2 Å². The summed E-state index contributed by atoms with van der Waals surface area (Å²) in [5.41, 5.74) is 2.24. The summed E-state index contributed by atoms with van der Waals surface area (Å²) in [4.78, 5) is 9.22. The van der Waals surface area contributed by atoms with Crippen molar-refractivity contribution in [2.45, 2.75) is 43.9 Å². The van der Waals surface area contributed by atoms with Crippen LogP contribution in [0.3, 0.4) is 0 Å². The first-order valence-electron chi connectivity index (χ1n) is 14.2. The van der Waals surface area contributed by atoms with E-state index in [1.807, 2.05) is 13.0 Å². The van der Waals surface area contributed by atoms with Crippen molar-refractivity contribution in [3.63, 3.8) is 0 Å². The highest BCUT2D eigenvalue weighted by Crippen LogP contribution is 2.42. The number of nitrogens with one attached hydrogen (secondary N) is 1. The molecular weight excluding hydrogens is 576 g/mol. The quantitative estimate of drug-likeness (QED) is 0.227. The maximum atomic E-state index is 14.4. The fraction of sp³-hybridized carbons (Fsp3) is 0.323. The molecule has 1 aromatic carbocycles. The number of hydrogen-bond donors (Lipinski definition) is 1. The fourth-order valence-electron chi connectivity index (χ4n) is 5.31. The Labute approximate surface area is 249 Å². The van der Waals surface area contributed by atoms with Gasteiger partial charge in [0.25, 0.3) is 0 Å². The summed E-state index contributed by atoms with van der Waals surface area (Å²) in [6, 6.07) is 10.7. The Bertz CT molecular complexity index is 1860. The van der Waals surface area contributed by atoms with E-state index in [0.717, 1.165) is 30.2 Å². The molecule has 2 aliphatic rings. The molecule has 5 heterocycles. The zero-order valence-electron chi connectivity index (χ0n) is 23.9. The summed E-state index contributed by atoms with van der Waals surface area (Å²) in [5, 5.41) is 15.8. The van der Waals surface area contributed by atoms with E-state index in [1.54, 1.807) is 30.1 Å². The lowest BCUT2D eigenvalue weighted by Crippen LogP contribution is -2.57. The van der Waals surface area contributed by atoms with Gasteiger partial charge in [0.2, 0.25) is 0 Å². The average Bonchev–Trinajstić information content (AvgIpc) is 3.56. The number of aryl methyl sites for hydroxylation is 1. The van der Waals surface area contributed by atoms with Crippen LogP contribution < -0.4 is 5.32 Å². The average molecular weight is 605 g/mol. The van der Waals surface area contributed by atoms with Crippen LogP contribution in [0.4, 0.5) is 17.6 Å². The molecule has 1 N–H and O–H groups in total. The fourth-order valence-corrected chi connectivity index (χ4v) is 5.31. The van der Waals surface area contributed by atoms with Gasteiger partial charge in [-0.15, -0.1) is 10.2 Å². The van der Waals surface area contributed by atoms with Crippen LogP contribution in [-0.4, -0.2) is 53.3 Å². The molecule has 13 heteroatoms. The summed E-state index contributed by atoms with van der Waals surface area (Å²) < 4.78 is 65.1. The molecule has 5 aromatic rings. The van der Waals surface area contributed by atoms with Gasteiger partial charge in [-0.1, -0.05) is 6.07 Å². The molecule has 44 heavy (non-hydrogen) atoms. The normalized spacial score (nSPS) is 16.2. The molecule has 7 rings (SSSR count). The second kappa shape index (κ2) is 10.6. The van der Waals surface area contributed by atoms with E-state index in [0.29, 0.717) is 48.2 Å². The molecule has 2 fully saturated rings. The van der Waals surface area contributed by atoms with E-state index in [4.69, 9.17) is 9.72 Å². The smallest absolute Gasteiger partial charge is 0.377 e. The van der Waals surface area contributed by atoms with Crippen molar-refractivity contribution >= 4 is 0 Å². The minimum atomic E-state index is -4.61. The number of rotatable bonds is 8. The third-order valence-corrected chi connectivity index (χ3v) is 7.96. The molecule has 9 nitrogen and oxygen atoms in total. The number of aromatic nitrogens is 7. The van der Waals surface area contributed by atoms with Crippen LogP contribution in [0.15, 0.2) is 61.2 Å². The van der Waals surface area contributed by atoms with Crippen molar-refractivity contribution in [3.8, 4) is 39.6 Å². The summed E-state index contributed by atoms with van der Waals surface area (Å²) in [6.07, 6.45) is 1.76. The Morgan fingerprint density at radius 3 is 2.52 bits per heavy atom. The van der Waals surface area contributed by atoms with E-state index in [2.05, 4.69) is 25.6 Å². The van der Waals surface area contributed by atoms with Gasteiger partial charge < -0.3 is 14.6 Å². The van der Waals surface area contributed by atoms with Gasteiger partial charge in [0.05, 0.1) is 41.9 Å². The van der Waals surface area contributed by atoms with Gasteiger partial charge in [-0.2, -0.15) is 18.3 Å². The minimum absolute atomic E-state index is 0.207. The molecule has 1 saturated carbocycles. The second-order valence-corrected chi connectivity index (χ2v) is 11.6. The Morgan fingerprint density at radius 2 is 1.84 bits per heavy atom. The van der Waals surface area contributed by atoms with Crippen molar-refractivity contribution < 1.29 is 22.3 Å². The maximum absolute atomic E-state index is 14.4. The molecule has 1 aliphatic heterocycles. The molecule has 0 radical (unpaired) electrons. The topological polar surface area (TPSA) is 95.6 Å². The molecule has 4 aromatic heterocycles. The zero-order valence-corrected chi connectivity index (χ0v) is 23.9. The number of halogens is 4. The molecule has 1 aliphatic carbocycles. The second-order valence-electron chi connectivity index (χ2n) is 11.6. The van der Waals surface area contributed by atoms with Crippen LogP contribution in [0, 0.1) is 5.82 Å². The first kappa shape index (κ1) is 28.3. The predicted molar refractivity (Wildman–Crippen MR) is 153 cm³/mol. The van der Waals surface area contributed by atoms with Crippen LogP contribution in [0.5, 0.6) is 0 Å². The van der Waals surface area contributed by atoms with E-state index in [-0.39, 0.29) is 22.7 Å². The third kappa shape index (κ3) is 5.48. The lowest BCUT2D eigenvalue weighted by molar-refractivity contribution is -0.137. The zero-order chi connectivity index (χ0) is 30.6. The van der Waals surface area contributed by atoms with E-state index < -0.39 is 17.6 Å². The number of ether oxygens (including phenoxy) is 1. The molecule has 0 amide bonds. The molecule has 1 saturated heterocycles.